The first-order chi connectivity index (χ1) is 8.65. The summed E-state index contributed by atoms with van der Waals surface area (Å²) >= 11 is 1.63. The highest BCUT2D eigenvalue weighted by Crippen LogP contribution is 2.42. The molecule has 1 aliphatic rings. The fraction of sp³-hybridized carbons (Fsp3) is 0.692. The molecule has 1 unspecified atom stereocenters. The van der Waals surface area contributed by atoms with E-state index in [4.69, 9.17) is 5.73 Å². The van der Waals surface area contributed by atoms with E-state index >= 15 is 0 Å². The van der Waals surface area contributed by atoms with Gasteiger partial charge in [-0.3, -0.25) is 4.79 Å². The molecule has 5 heteroatoms. The third kappa shape index (κ3) is 3.09. The average molecular weight is 267 g/mol. The number of carbonyl (C=O) groups excluding carboxylic acids is 1. The fourth-order valence-corrected chi connectivity index (χ4v) is 3.06. The van der Waals surface area contributed by atoms with Crippen LogP contribution in [0.5, 0.6) is 0 Å². The van der Waals surface area contributed by atoms with Crippen LogP contribution in [0.15, 0.2) is 11.6 Å². The average Bonchev–Trinajstić information content (AvgIpc) is 2.84. The molecular weight excluding hydrogens is 246 g/mol. The summed E-state index contributed by atoms with van der Waals surface area (Å²) < 4.78 is 0. The minimum Gasteiger partial charge on any atom is -0.355 e. The Hall–Kier alpha value is -0.940. The number of nitrogens with one attached hydrogen (secondary N) is 1. The number of aromatic nitrogens is 1. The van der Waals surface area contributed by atoms with E-state index in [-0.39, 0.29) is 17.2 Å². The Bertz CT molecular complexity index is 381. The molecule has 0 saturated heterocycles. The summed E-state index contributed by atoms with van der Waals surface area (Å²) in [5.41, 5.74) is 5.85. The third-order valence-corrected chi connectivity index (χ3v) is 4.87. The van der Waals surface area contributed by atoms with E-state index in [1.807, 2.05) is 5.38 Å². The molecule has 0 aromatic carbocycles. The molecule has 100 valence electrons. The standard InChI is InChI=1S/C13H21N3OS/c1-10(12-15-5-6-18-12)8-16-11(17)7-13(9-14)3-2-4-13/h5-6,10H,2-4,7-9,14H2,1H3,(H,16,17). The quantitative estimate of drug-likeness (QED) is 0.827. The Labute approximate surface area is 112 Å². The summed E-state index contributed by atoms with van der Waals surface area (Å²) in [5.74, 6) is 0.410. The lowest BCUT2D eigenvalue weighted by Gasteiger charge is -2.40. The highest BCUT2D eigenvalue weighted by atomic mass is 32.1. The smallest absolute Gasteiger partial charge is 0.220 e. The molecule has 0 spiro atoms. The minimum atomic E-state index is 0.0918. The van der Waals surface area contributed by atoms with E-state index in [0.717, 1.165) is 17.8 Å². The molecule has 1 aromatic heterocycles. The maximum Gasteiger partial charge on any atom is 0.220 e. The monoisotopic (exact) mass is 267 g/mol. The predicted molar refractivity (Wildman–Crippen MR) is 73.5 cm³/mol. The molecule has 4 nitrogen and oxygen atoms in total. The van der Waals surface area contributed by atoms with Gasteiger partial charge in [-0.2, -0.15) is 0 Å². The Balaban J connectivity index is 1.75. The van der Waals surface area contributed by atoms with E-state index < -0.39 is 0 Å². The summed E-state index contributed by atoms with van der Waals surface area (Å²) in [6.07, 6.45) is 5.78. The second-order valence-electron chi connectivity index (χ2n) is 5.31. The summed E-state index contributed by atoms with van der Waals surface area (Å²) in [6.45, 7) is 3.37. The van der Waals surface area contributed by atoms with Crippen molar-refractivity contribution in [3.8, 4) is 0 Å². The summed E-state index contributed by atoms with van der Waals surface area (Å²) in [6, 6.07) is 0. The van der Waals surface area contributed by atoms with E-state index in [1.165, 1.54) is 6.42 Å². The third-order valence-electron chi connectivity index (χ3n) is 3.86. The van der Waals surface area contributed by atoms with Gasteiger partial charge in [-0.1, -0.05) is 13.3 Å². The maximum atomic E-state index is 11.9. The van der Waals surface area contributed by atoms with E-state index in [2.05, 4.69) is 17.2 Å². The second kappa shape index (κ2) is 5.80. The highest BCUT2D eigenvalue weighted by Gasteiger charge is 2.37. The number of thiazole rings is 1. The van der Waals surface area contributed by atoms with Crippen molar-refractivity contribution in [1.82, 2.24) is 10.3 Å². The molecule has 1 heterocycles. The van der Waals surface area contributed by atoms with Crippen molar-refractivity contribution in [2.45, 2.75) is 38.5 Å². The normalized spacial score (nSPS) is 19.0. The van der Waals surface area contributed by atoms with Crippen molar-refractivity contribution < 1.29 is 4.79 Å². The first-order valence-electron chi connectivity index (χ1n) is 6.51. The van der Waals surface area contributed by atoms with Crippen molar-refractivity contribution in [2.24, 2.45) is 11.1 Å². The summed E-state index contributed by atoms with van der Waals surface area (Å²) in [4.78, 5) is 16.2. The van der Waals surface area contributed by atoms with Crippen molar-refractivity contribution in [3.63, 3.8) is 0 Å². The molecule has 2 rings (SSSR count). The Morgan fingerprint density at radius 2 is 2.44 bits per heavy atom. The molecule has 3 N–H and O–H groups in total. The Morgan fingerprint density at radius 3 is 2.94 bits per heavy atom. The molecule has 1 aliphatic carbocycles. The van der Waals surface area contributed by atoms with Crippen LogP contribution in [0.4, 0.5) is 0 Å². The zero-order valence-corrected chi connectivity index (χ0v) is 11.6. The molecule has 18 heavy (non-hydrogen) atoms. The highest BCUT2D eigenvalue weighted by molar-refractivity contribution is 7.09. The van der Waals surface area contributed by atoms with E-state index in [0.29, 0.717) is 19.5 Å². The Morgan fingerprint density at radius 1 is 1.67 bits per heavy atom. The van der Waals surface area contributed by atoms with Crippen LogP contribution in [-0.4, -0.2) is 24.0 Å². The van der Waals surface area contributed by atoms with Gasteiger partial charge in [0, 0.05) is 30.5 Å². The van der Waals surface area contributed by atoms with Crippen molar-refractivity contribution in [3.05, 3.63) is 16.6 Å². The van der Waals surface area contributed by atoms with Gasteiger partial charge in [-0.15, -0.1) is 11.3 Å². The molecule has 0 radical (unpaired) electrons. The molecule has 1 saturated carbocycles. The van der Waals surface area contributed by atoms with Crippen LogP contribution < -0.4 is 11.1 Å². The number of hydrogen-bond acceptors (Lipinski definition) is 4. The van der Waals surface area contributed by atoms with Crippen LogP contribution in [0.1, 0.15) is 43.5 Å². The van der Waals surface area contributed by atoms with Crippen molar-refractivity contribution >= 4 is 17.2 Å². The summed E-state index contributed by atoms with van der Waals surface area (Å²) in [5, 5.41) is 6.04. The van der Waals surface area contributed by atoms with Gasteiger partial charge < -0.3 is 11.1 Å². The fourth-order valence-electron chi connectivity index (χ4n) is 2.37. The van der Waals surface area contributed by atoms with Crippen LogP contribution in [0.25, 0.3) is 0 Å². The van der Waals surface area contributed by atoms with Crippen molar-refractivity contribution in [2.75, 3.05) is 13.1 Å². The second-order valence-corrected chi connectivity index (χ2v) is 6.24. The topological polar surface area (TPSA) is 68.0 Å². The number of hydrogen-bond donors (Lipinski definition) is 2. The van der Waals surface area contributed by atoms with Crippen LogP contribution in [-0.2, 0) is 4.79 Å². The zero-order chi connectivity index (χ0) is 13.0. The van der Waals surface area contributed by atoms with Crippen LogP contribution >= 0.6 is 11.3 Å². The largest absolute Gasteiger partial charge is 0.355 e. The Kier molecular flexibility index (Phi) is 4.35. The molecule has 1 atom stereocenters. The number of amides is 1. The van der Waals surface area contributed by atoms with Gasteiger partial charge in [0.05, 0.1) is 5.01 Å². The van der Waals surface area contributed by atoms with Gasteiger partial charge >= 0.3 is 0 Å². The van der Waals surface area contributed by atoms with Gasteiger partial charge in [0.1, 0.15) is 0 Å². The SMILES string of the molecule is CC(CNC(=O)CC1(CN)CCC1)c1nccs1. The van der Waals surface area contributed by atoms with Crippen LogP contribution in [0.3, 0.4) is 0 Å². The van der Waals surface area contributed by atoms with Crippen molar-refractivity contribution in [1.29, 1.82) is 0 Å². The molecule has 1 amide bonds. The van der Waals surface area contributed by atoms with Gasteiger partial charge in [0.2, 0.25) is 5.91 Å². The first kappa shape index (κ1) is 13.5. The predicted octanol–water partition coefficient (Wildman–Crippen LogP) is 1.88. The maximum absolute atomic E-state index is 11.9. The zero-order valence-electron chi connectivity index (χ0n) is 10.8. The van der Waals surface area contributed by atoms with Gasteiger partial charge in [0.25, 0.3) is 0 Å². The van der Waals surface area contributed by atoms with Gasteiger partial charge in [-0.25, -0.2) is 4.98 Å². The molecule has 1 aromatic rings. The van der Waals surface area contributed by atoms with Gasteiger partial charge in [-0.05, 0) is 24.8 Å². The minimum absolute atomic E-state index is 0.0918. The number of carbonyl (C=O) groups is 1. The lowest BCUT2D eigenvalue weighted by atomic mass is 9.66. The number of nitrogens with zero attached hydrogens (tertiary/aromatic N) is 1. The number of nitrogens with two attached hydrogens (primary N) is 1. The van der Waals surface area contributed by atoms with Crippen LogP contribution in [0.2, 0.25) is 0 Å². The molecule has 0 bridgehead atoms. The molecular formula is C13H21N3OS. The lowest BCUT2D eigenvalue weighted by molar-refractivity contribution is -0.124. The number of rotatable bonds is 6. The van der Waals surface area contributed by atoms with Gasteiger partial charge in [0.15, 0.2) is 0 Å². The first-order valence-corrected chi connectivity index (χ1v) is 7.39. The van der Waals surface area contributed by atoms with Crippen LogP contribution in [0, 0.1) is 5.41 Å². The van der Waals surface area contributed by atoms with E-state index in [1.54, 1.807) is 17.5 Å². The van der Waals surface area contributed by atoms with E-state index in [9.17, 15) is 4.79 Å². The lowest BCUT2D eigenvalue weighted by Crippen LogP contribution is -2.42. The summed E-state index contributed by atoms with van der Waals surface area (Å²) in [7, 11) is 0. The molecule has 1 fully saturated rings. The molecule has 0 aliphatic heterocycles.